The van der Waals surface area contributed by atoms with Crippen LogP contribution in [0.3, 0.4) is 0 Å². The number of aryl methyl sites for hydroxylation is 2. The van der Waals surface area contributed by atoms with Crippen LogP contribution in [-0.4, -0.2) is 4.57 Å². The maximum Gasteiger partial charge on any atom is 0.0364 e. The summed E-state index contributed by atoms with van der Waals surface area (Å²) in [7, 11) is 0. The fraction of sp³-hybridized carbons (Fsp3) is 0.412. The van der Waals surface area contributed by atoms with Gasteiger partial charge in [0.25, 0.3) is 0 Å². The molecule has 2 rings (SSSR count). The van der Waals surface area contributed by atoms with Crippen LogP contribution in [0.2, 0.25) is 0 Å². The smallest absolute Gasteiger partial charge is 0.0364 e. The van der Waals surface area contributed by atoms with Gasteiger partial charge in [-0.1, -0.05) is 36.8 Å². The van der Waals surface area contributed by atoms with Crippen LogP contribution >= 0.6 is 0 Å². The molecule has 2 nitrogen and oxygen atoms in total. The van der Waals surface area contributed by atoms with Crippen LogP contribution in [0.15, 0.2) is 42.6 Å². The van der Waals surface area contributed by atoms with E-state index in [9.17, 15) is 0 Å². The molecule has 0 radical (unpaired) electrons. The number of nitrogens with zero attached hydrogens (tertiary/aromatic N) is 1. The van der Waals surface area contributed by atoms with E-state index in [-0.39, 0.29) is 0 Å². The van der Waals surface area contributed by atoms with E-state index < -0.39 is 0 Å². The van der Waals surface area contributed by atoms with Crippen LogP contribution in [0.5, 0.6) is 0 Å². The zero-order valence-electron chi connectivity index (χ0n) is 12.2. The minimum atomic E-state index is 0.380. The van der Waals surface area contributed by atoms with E-state index >= 15 is 0 Å². The minimum absolute atomic E-state index is 0.380. The number of hydrogen-bond acceptors (Lipinski definition) is 1. The van der Waals surface area contributed by atoms with Gasteiger partial charge in [0.05, 0.1) is 0 Å². The van der Waals surface area contributed by atoms with E-state index in [1.807, 2.05) is 0 Å². The van der Waals surface area contributed by atoms with Crippen molar-refractivity contribution in [1.29, 1.82) is 0 Å². The van der Waals surface area contributed by atoms with Gasteiger partial charge in [-0.05, 0) is 38.0 Å². The Balaban J connectivity index is 1.94. The first-order valence-corrected chi connectivity index (χ1v) is 7.14. The Hall–Kier alpha value is -1.54. The van der Waals surface area contributed by atoms with Crippen molar-refractivity contribution in [3.8, 4) is 0 Å². The van der Waals surface area contributed by atoms with Crippen molar-refractivity contribution in [2.24, 2.45) is 0 Å². The molecule has 1 atom stereocenters. The fourth-order valence-corrected chi connectivity index (χ4v) is 2.30. The summed E-state index contributed by atoms with van der Waals surface area (Å²) in [5.41, 5.74) is 4.02. The summed E-state index contributed by atoms with van der Waals surface area (Å²) < 4.78 is 2.33. The summed E-state index contributed by atoms with van der Waals surface area (Å²) in [5.74, 6) is 0. The van der Waals surface area contributed by atoms with Crippen molar-refractivity contribution >= 4 is 0 Å². The van der Waals surface area contributed by atoms with Gasteiger partial charge in [-0.15, -0.1) is 0 Å². The van der Waals surface area contributed by atoms with Crippen LogP contribution in [-0.2, 0) is 13.1 Å². The molecule has 1 N–H and O–H groups in total. The lowest BCUT2D eigenvalue weighted by molar-refractivity contribution is 0.541. The van der Waals surface area contributed by atoms with Crippen LogP contribution in [0, 0.1) is 6.92 Å². The highest BCUT2D eigenvalue weighted by atomic mass is 15.0. The SMILES string of the molecule is CCCn1cccc1CN[C@H](C)c1ccc(C)cc1. The largest absolute Gasteiger partial charge is 0.350 e. The molecule has 0 saturated carbocycles. The van der Waals surface area contributed by atoms with Gasteiger partial charge in [-0.2, -0.15) is 0 Å². The lowest BCUT2D eigenvalue weighted by Gasteiger charge is -2.16. The Morgan fingerprint density at radius 2 is 1.89 bits per heavy atom. The monoisotopic (exact) mass is 256 g/mol. The predicted molar refractivity (Wildman–Crippen MR) is 81.2 cm³/mol. The number of benzene rings is 1. The van der Waals surface area contributed by atoms with Gasteiger partial charge in [-0.25, -0.2) is 0 Å². The zero-order valence-corrected chi connectivity index (χ0v) is 12.2. The molecule has 0 unspecified atom stereocenters. The molecule has 102 valence electrons. The summed E-state index contributed by atoms with van der Waals surface area (Å²) in [5, 5.41) is 3.60. The van der Waals surface area contributed by atoms with Crippen molar-refractivity contribution < 1.29 is 0 Å². The summed E-state index contributed by atoms with van der Waals surface area (Å²) >= 11 is 0. The molecule has 0 saturated heterocycles. The van der Waals surface area contributed by atoms with Gasteiger partial charge in [0, 0.05) is 31.0 Å². The molecule has 0 spiro atoms. The van der Waals surface area contributed by atoms with E-state index in [1.165, 1.54) is 23.2 Å². The highest BCUT2D eigenvalue weighted by Gasteiger charge is 2.06. The Morgan fingerprint density at radius 1 is 1.16 bits per heavy atom. The normalized spacial score (nSPS) is 12.6. The van der Waals surface area contributed by atoms with Gasteiger partial charge in [0.1, 0.15) is 0 Å². The molecule has 1 aromatic carbocycles. The fourth-order valence-electron chi connectivity index (χ4n) is 2.30. The molecule has 0 amide bonds. The molecule has 0 aliphatic rings. The van der Waals surface area contributed by atoms with E-state index in [4.69, 9.17) is 0 Å². The summed E-state index contributed by atoms with van der Waals surface area (Å²) in [4.78, 5) is 0. The molecular weight excluding hydrogens is 232 g/mol. The maximum absolute atomic E-state index is 3.60. The molecule has 0 bridgehead atoms. The number of nitrogens with one attached hydrogen (secondary N) is 1. The lowest BCUT2D eigenvalue weighted by atomic mass is 10.1. The van der Waals surface area contributed by atoms with E-state index in [0.29, 0.717) is 6.04 Å². The molecule has 0 aliphatic heterocycles. The summed E-state index contributed by atoms with van der Waals surface area (Å²) in [6.45, 7) is 8.58. The molecule has 19 heavy (non-hydrogen) atoms. The van der Waals surface area contributed by atoms with Crippen molar-refractivity contribution in [2.45, 2.75) is 46.3 Å². The second kappa shape index (κ2) is 6.58. The quantitative estimate of drug-likeness (QED) is 0.825. The Kier molecular flexibility index (Phi) is 4.80. The summed E-state index contributed by atoms with van der Waals surface area (Å²) in [6, 6.07) is 13.5. The first-order valence-electron chi connectivity index (χ1n) is 7.14. The Morgan fingerprint density at radius 3 is 2.58 bits per heavy atom. The summed E-state index contributed by atoms with van der Waals surface area (Å²) in [6.07, 6.45) is 3.34. The average Bonchev–Trinajstić information content (AvgIpc) is 2.85. The number of rotatable bonds is 6. The van der Waals surface area contributed by atoms with Crippen molar-refractivity contribution in [3.05, 3.63) is 59.4 Å². The first kappa shape index (κ1) is 13.9. The standard InChI is InChI=1S/C17H24N2/c1-4-11-19-12-5-6-17(19)13-18-15(3)16-9-7-14(2)8-10-16/h5-10,12,15,18H,4,11,13H2,1-3H3/t15-/m1/s1. The minimum Gasteiger partial charge on any atom is -0.350 e. The second-order valence-corrected chi connectivity index (χ2v) is 5.21. The van der Waals surface area contributed by atoms with Crippen LogP contribution in [0.4, 0.5) is 0 Å². The third-order valence-electron chi connectivity index (χ3n) is 3.55. The average molecular weight is 256 g/mol. The van der Waals surface area contributed by atoms with Gasteiger partial charge in [0.15, 0.2) is 0 Å². The number of hydrogen-bond donors (Lipinski definition) is 1. The Labute approximate surface area is 116 Å². The van der Waals surface area contributed by atoms with Gasteiger partial charge >= 0.3 is 0 Å². The molecule has 1 aromatic heterocycles. The first-order chi connectivity index (χ1) is 9.20. The topological polar surface area (TPSA) is 17.0 Å². The van der Waals surface area contributed by atoms with E-state index in [0.717, 1.165) is 13.1 Å². The van der Waals surface area contributed by atoms with E-state index in [2.05, 4.69) is 73.3 Å². The van der Waals surface area contributed by atoms with Crippen molar-refractivity contribution in [1.82, 2.24) is 9.88 Å². The van der Waals surface area contributed by atoms with Gasteiger partial charge in [-0.3, -0.25) is 0 Å². The highest BCUT2D eigenvalue weighted by Crippen LogP contribution is 2.14. The molecule has 2 heteroatoms. The second-order valence-electron chi connectivity index (χ2n) is 5.21. The third-order valence-corrected chi connectivity index (χ3v) is 3.55. The zero-order chi connectivity index (χ0) is 13.7. The maximum atomic E-state index is 3.60. The lowest BCUT2D eigenvalue weighted by Crippen LogP contribution is -2.20. The van der Waals surface area contributed by atoms with Crippen molar-refractivity contribution in [2.75, 3.05) is 0 Å². The van der Waals surface area contributed by atoms with Gasteiger partial charge < -0.3 is 9.88 Å². The highest BCUT2D eigenvalue weighted by molar-refractivity contribution is 5.23. The van der Waals surface area contributed by atoms with Crippen molar-refractivity contribution in [3.63, 3.8) is 0 Å². The van der Waals surface area contributed by atoms with Crippen LogP contribution < -0.4 is 5.32 Å². The number of aromatic nitrogens is 1. The van der Waals surface area contributed by atoms with Crippen LogP contribution in [0.1, 0.15) is 43.1 Å². The van der Waals surface area contributed by atoms with E-state index in [1.54, 1.807) is 0 Å². The van der Waals surface area contributed by atoms with Crippen LogP contribution in [0.25, 0.3) is 0 Å². The third kappa shape index (κ3) is 3.71. The molecule has 1 heterocycles. The molecule has 2 aromatic rings. The molecule has 0 fully saturated rings. The predicted octanol–water partition coefficient (Wildman–Crippen LogP) is 4.06. The van der Waals surface area contributed by atoms with Gasteiger partial charge in [0.2, 0.25) is 0 Å². The molecule has 0 aliphatic carbocycles. The Bertz CT molecular complexity index is 496. The molecular formula is C17H24N2.